The minimum Gasteiger partial charge on any atom is -0.374 e. The van der Waals surface area contributed by atoms with Crippen LogP contribution in [0.5, 0.6) is 0 Å². The lowest BCUT2D eigenvalue weighted by Crippen LogP contribution is -2.55. The molecule has 0 aromatic heterocycles. The van der Waals surface area contributed by atoms with Crippen LogP contribution in [-0.2, 0) is 0 Å². The standard InChI is InChI=1S/C8H15N/c1-6-8(3,4)7(2)9(6)5/h7H,1H2,2-5H3. The molecule has 1 nitrogen and oxygen atoms in total. The Morgan fingerprint density at radius 2 is 2.00 bits per heavy atom. The second-order valence-electron chi connectivity index (χ2n) is 3.46. The normalized spacial score (nSPS) is 32.2. The van der Waals surface area contributed by atoms with Crippen molar-refractivity contribution in [3.05, 3.63) is 12.3 Å². The van der Waals surface area contributed by atoms with Crippen LogP contribution in [0.2, 0.25) is 0 Å². The van der Waals surface area contributed by atoms with E-state index in [0.29, 0.717) is 11.5 Å². The lowest BCUT2D eigenvalue weighted by atomic mass is 9.73. The average Bonchev–Trinajstić information content (AvgIpc) is 1.84. The summed E-state index contributed by atoms with van der Waals surface area (Å²) >= 11 is 0. The molecule has 1 heterocycles. The van der Waals surface area contributed by atoms with Crippen LogP contribution in [0.15, 0.2) is 12.3 Å². The number of nitrogens with zero attached hydrogens (tertiary/aromatic N) is 1. The van der Waals surface area contributed by atoms with Crippen LogP contribution in [-0.4, -0.2) is 18.0 Å². The van der Waals surface area contributed by atoms with Crippen LogP contribution in [0, 0.1) is 5.41 Å². The van der Waals surface area contributed by atoms with Gasteiger partial charge in [-0.15, -0.1) is 0 Å². The van der Waals surface area contributed by atoms with Gasteiger partial charge in [-0.1, -0.05) is 20.4 Å². The third-order valence-corrected chi connectivity index (χ3v) is 2.79. The van der Waals surface area contributed by atoms with E-state index in [4.69, 9.17) is 0 Å². The molecule has 0 radical (unpaired) electrons. The van der Waals surface area contributed by atoms with E-state index in [1.54, 1.807) is 0 Å². The molecule has 9 heavy (non-hydrogen) atoms. The summed E-state index contributed by atoms with van der Waals surface area (Å²) in [5.41, 5.74) is 1.60. The molecule has 0 aliphatic carbocycles. The zero-order valence-corrected chi connectivity index (χ0v) is 6.73. The van der Waals surface area contributed by atoms with Crippen LogP contribution < -0.4 is 0 Å². The Morgan fingerprint density at radius 3 is 2.11 bits per heavy atom. The van der Waals surface area contributed by atoms with Gasteiger partial charge in [0.2, 0.25) is 0 Å². The smallest absolute Gasteiger partial charge is 0.0360 e. The van der Waals surface area contributed by atoms with Crippen LogP contribution >= 0.6 is 0 Å². The highest BCUT2D eigenvalue weighted by molar-refractivity contribution is 5.20. The van der Waals surface area contributed by atoms with Crippen molar-refractivity contribution in [2.24, 2.45) is 5.41 Å². The van der Waals surface area contributed by atoms with E-state index in [1.165, 1.54) is 5.70 Å². The molecule has 0 N–H and O–H groups in total. The van der Waals surface area contributed by atoms with Gasteiger partial charge >= 0.3 is 0 Å². The second kappa shape index (κ2) is 1.53. The van der Waals surface area contributed by atoms with Gasteiger partial charge in [0.1, 0.15) is 0 Å². The number of rotatable bonds is 0. The monoisotopic (exact) mass is 125 g/mol. The average molecular weight is 125 g/mol. The Morgan fingerprint density at radius 1 is 1.56 bits per heavy atom. The van der Waals surface area contributed by atoms with Crippen LogP contribution in [0.1, 0.15) is 20.8 Å². The highest BCUT2D eigenvalue weighted by Gasteiger charge is 2.43. The van der Waals surface area contributed by atoms with Crippen LogP contribution in [0.4, 0.5) is 0 Å². The fourth-order valence-corrected chi connectivity index (χ4v) is 1.35. The number of hydrogen-bond acceptors (Lipinski definition) is 1. The maximum atomic E-state index is 3.97. The Hall–Kier alpha value is -0.460. The lowest BCUT2D eigenvalue weighted by Gasteiger charge is -2.54. The molecule has 52 valence electrons. The molecular formula is C8H15N. The first-order valence-electron chi connectivity index (χ1n) is 3.40. The van der Waals surface area contributed by atoms with Crippen molar-refractivity contribution in [2.45, 2.75) is 26.8 Å². The molecule has 0 spiro atoms. The SMILES string of the molecule is C=C1N(C)C(C)C1(C)C. The Bertz CT molecular complexity index is 147. The van der Waals surface area contributed by atoms with Gasteiger partial charge in [0.15, 0.2) is 0 Å². The summed E-state index contributed by atoms with van der Waals surface area (Å²) in [6.07, 6.45) is 0. The van der Waals surface area contributed by atoms with E-state index in [0.717, 1.165) is 0 Å². The molecule has 0 bridgehead atoms. The largest absolute Gasteiger partial charge is 0.374 e. The molecule has 1 unspecified atom stereocenters. The van der Waals surface area contributed by atoms with Gasteiger partial charge in [0.25, 0.3) is 0 Å². The molecular weight excluding hydrogens is 110 g/mol. The fraction of sp³-hybridized carbons (Fsp3) is 0.750. The molecule has 1 aliphatic rings. The van der Waals surface area contributed by atoms with E-state index in [9.17, 15) is 0 Å². The van der Waals surface area contributed by atoms with Gasteiger partial charge < -0.3 is 4.90 Å². The molecule has 1 saturated heterocycles. The summed E-state index contributed by atoms with van der Waals surface area (Å²) in [5.74, 6) is 0. The topological polar surface area (TPSA) is 3.24 Å². The van der Waals surface area contributed by atoms with Crippen molar-refractivity contribution in [3.8, 4) is 0 Å². The predicted molar refractivity (Wildman–Crippen MR) is 40.1 cm³/mol. The van der Waals surface area contributed by atoms with E-state index in [2.05, 4.69) is 39.3 Å². The number of likely N-dealkylation sites (tertiary alicyclic amines) is 1. The Labute approximate surface area is 57.4 Å². The van der Waals surface area contributed by atoms with Crippen LogP contribution in [0.3, 0.4) is 0 Å². The molecule has 1 fully saturated rings. The fourth-order valence-electron chi connectivity index (χ4n) is 1.35. The van der Waals surface area contributed by atoms with Crippen molar-refractivity contribution in [1.82, 2.24) is 4.90 Å². The molecule has 1 aliphatic heterocycles. The third-order valence-electron chi connectivity index (χ3n) is 2.79. The predicted octanol–water partition coefficient (Wildman–Crippen LogP) is 1.86. The summed E-state index contributed by atoms with van der Waals surface area (Å²) in [5, 5.41) is 0. The summed E-state index contributed by atoms with van der Waals surface area (Å²) in [6, 6.07) is 0.657. The Kier molecular flexibility index (Phi) is 1.13. The van der Waals surface area contributed by atoms with Crippen LogP contribution in [0.25, 0.3) is 0 Å². The van der Waals surface area contributed by atoms with Crippen molar-refractivity contribution in [2.75, 3.05) is 7.05 Å². The minimum atomic E-state index is 0.342. The van der Waals surface area contributed by atoms with Crippen molar-refractivity contribution in [1.29, 1.82) is 0 Å². The van der Waals surface area contributed by atoms with Gasteiger partial charge in [0.05, 0.1) is 0 Å². The van der Waals surface area contributed by atoms with E-state index in [1.807, 2.05) is 0 Å². The molecule has 0 aromatic rings. The second-order valence-corrected chi connectivity index (χ2v) is 3.46. The first kappa shape index (κ1) is 6.66. The molecule has 1 heteroatoms. The molecule has 1 atom stereocenters. The van der Waals surface area contributed by atoms with Crippen molar-refractivity contribution >= 4 is 0 Å². The maximum Gasteiger partial charge on any atom is 0.0360 e. The zero-order chi connectivity index (χ0) is 7.23. The van der Waals surface area contributed by atoms with Crippen molar-refractivity contribution < 1.29 is 0 Å². The lowest BCUT2D eigenvalue weighted by molar-refractivity contribution is 0.0553. The van der Waals surface area contributed by atoms with Gasteiger partial charge in [-0.3, -0.25) is 0 Å². The molecule has 1 rings (SSSR count). The summed E-state index contributed by atoms with van der Waals surface area (Å²) in [6.45, 7) is 10.7. The van der Waals surface area contributed by atoms with Gasteiger partial charge in [0, 0.05) is 24.2 Å². The highest BCUT2D eigenvalue weighted by Crippen LogP contribution is 2.44. The highest BCUT2D eigenvalue weighted by atomic mass is 15.2. The Balaban J connectivity index is 2.73. The minimum absolute atomic E-state index is 0.342. The zero-order valence-electron chi connectivity index (χ0n) is 6.73. The number of hydrogen-bond donors (Lipinski definition) is 0. The summed E-state index contributed by atoms with van der Waals surface area (Å²) < 4.78 is 0. The van der Waals surface area contributed by atoms with E-state index >= 15 is 0 Å². The molecule has 0 saturated carbocycles. The first-order valence-corrected chi connectivity index (χ1v) is 3.40. The van der Waals surface area contributed by atoms with Gasteiger partial charge in [-0.2, -0.15) is 0 Å². The summed E-state index contributed by atoms with van der Waals surface area (Å²) in [7, 11) is 2.10. The van der Waals surface area contributed by atoms with Gasteiger partial charge in [-0.25, -0.2) is 0 Å². The van der Waals surface area contributed by atoms with Crippen molar-refractivity contribution in [3.63, 3.8) is 0 Å². The quantitative estimate of drug-likeness (QED) is 0.477. The third kappa shape index (κ3) is 0.606. The van der Waals surface area contributed by atoms with Gasteiger partial charge in [-0.05, 0) is 6.92 Å². The molecule has 0 amide bonds. The first-order chi connectivity index (χ1) is 3.98. The summed E-state index contributed by atoms with van der Waals surface area (Å²) in [4.78, 5) is 2.22. The van der Waals surface area contributed by atoms with E-state index < -0.39 is 0 Å². The maximum absolute atomic E-state index is 3.97. The van der Waals surface area contributed by atoms with E-state index in [-0.39, 0.29) is 0 Å². The molecule has 0 aromatic carbocycles.